The van der Waals surface area contributed by atoms with E-state index in [2.05, 4.69) is 5.32 Å². The van der Waals surface area contributed by atoms with Gasteiger partial charge in [0.15, 0.2) is 0 Å². The Morgan fingerprint density at radius 2 is 2.12 bits per heavy atom. The van der Waals surface area contributed by atoms with Crippen molar-refractivity contribution in [2.24, 2.45) is 0 Å². The van der Waals surface area contributed by atoms with E-state index in [0.717, 1.165) is 19.5 Å². The van der Waals surface area contributed by atoms with Crippen molar-refractivity contribution in [2.75, 3.05) is 39.1 Å². The third-order valence-electron chi connectivity index (χ3n) is 2.72. The lowest BCUT2D eigenvalue weighted by Gasteiger charge is -2.37. The van der Waals surface area contributed by atoms with Gasteiger partial charge in [0.05, 0.1) is 5.75 Å². The smallest absolute Gasteiger partial charge is 0.214 e. The zero-order valence-corrected chi connectivity index (χ0v) is 10.9. The molecule has 1 saturated heterocycles. The van der Waals surface area contributed by atoms with Crippen LogP contribution in [0.15, 0.2) is 0 Å². The summed E-state index contributed by atoms with van der Waals surface area (Å²) in [5.74, 6) is 0.192. The van der Waals surface area contributed by atoms with Gasteiger partial charge in [-0.25, -0.2) is 8.42 Å². The van der Waals surface area contributed by atoms with Gasteiger partial charge in [-0.2, -0.15) is 4.31 Å². The standard InChI is InChI=1S/C10H22N2O3S/c1-3-5-12(10-8-11-9-10)16(13,14)7-4-6-15-2/h10-11H,3-9H2,1-2H3. The molecule has 0 aromatic rings. The lowest BCUT2D eigenvalue weighted by atomic mass is 10.2. The molecule has 0 unspecified atom stereocenters. The molecule has 0 bridgehead atoms. The van der Waals surface area contributed by atoms with E-state index in [1.807, 2.05) is 6.92 Å². The number of nitrogens with zero attached hydrogens (tertiary/aromatic N) is 1. The van der Waals surface area contributed by atoms with E-state index >= 15 is 0 Å². The van der Waals surface area contributed by atoms with Crippen LogP contribution in [0.1, 0.15) is 19.8 Å². The number of rotatable bonds is 8. The third-order valence-corrected chi connectivity index (χ3v) is 4.72. The molecular formula is C10H22N2O3S. The van der Waals surface area contributed by atoms with Crippen molar-refractivity contribution in [1.82, 2.24) is 9.62 Å². The van der Waals surface area contributed by atoms with E-state index in [9.17, 15) is 8.42 Å². The summed E-state index contributed by atoms with van der Waals surface area (Å²) < 4.78 is 30.7. The molecule has 0 atom stereocenters. The largest absolute Gasteiger partial charge is 0.385 e. The van der Waals surface area contributed by atoms with E-state index < -0.39 is 10.0 Å². The van der Waals surface area contributed by atoms with Crippen LogP contribution in [-0.4, -0.2) is 57.9 Å². The van der Waals surface area contributed by atoms with E-state index in [1.54, 1.807) is 11.4 Å². The third kappa shape index (κ3) is 3.69. The van der Waals surface area contributed by atoms with Crippen LogP contribution in [-0.2, 0) is 14.8 Å². The number of hydrogen-bond acceptors (Lipinski definition) is 4. The molecule has 0 amide bonds. The molecule has 6 heteroatoms. The van der Waals surface area contributed by atoms with Crippen LogP contribution in [0.5, 0.6) is 0 Å². The van der Waals surface area contributed by atoms with E-state index in [0.29, 0.717) is 19.6 Å². The first kappa shape index (κ1) is 13.9. The Kier molecular flexibility index (Phi) is 5.68. The molecule has 1 aliphatic rings. The lowest BCUT2D eigenvalue weighted by molar-refractivity contribution is 0.197. The molecule has 0 spiro atoms. The molecule has 0 aromatic carbocycles. The highest BCUT2D eigenvalue weighted by atomic mass is 32.2. The maximum absolute atomic E-state index is 12.1. The topological polar surface area (TPSA) is 58.6 Å². The van der Waals surface area contributed by atoms with Crippen molar-refractivity contribution < 1.29 is 13.2 Å². The van der Waals surface area contributed by atoms with Gasteiger partial charge >= 0.3 is 0 Å². The Bertz CT molecular complexity index is 288. The fourth-order valence-corrected chi connectivity index (χ4v) is 3.53. The number of hydrogen-bond donors (Lipinski definition) is 1. The summed E-state index contributed by atoms with van der Waals surface area (Å²) in [6.45, 7) is 4.69. The molecule has 1 rings (SSSR count). The second-order valence-electron chi connectivity index (χ2n) is 4.09. The fourth-order valence-electron chi connectivity index (χ4n) is 1.75. The zero-order valence-electron chi connectivity index (χ0n) is 10.1. The summed E-state index contributed by atoms with van der Waals surface area (Å²) in [5, 5.41) is 3.11. The number of nitrogens with one attached hydrogen (secondary N) is 1. The summed E-state index contributed by atoms with van der Waals surface area (Å²) in [6, 6.07) is 0.160. The van der Waals surface area contributed by atoms with Gasteiger partial charge in [0, 0.05) is 39.4 Å². The molecule has 1 N–H and O–H groups in total. The first-order valence-corrected chi connectivity index (χ1v) is 7.42. The molecule has 16 heavy (non-hydrogen) atoms. The Labute approximate surface area is 98.2 Å². The molecule has 0 aromatic heterocycles. The Balaban J connectivity index is 2.53. The molecule has 0 radical (unpaired) electrons. The molecular weight excluding hydrogens is 228 g/mol. The van der Waals surface area contributed by atoms with Crippen LogP contribution < -0.4 is 5.32 Å². The zero-order chi connectivity index (χ0) is 12.0. The van der Waals surface area contributed by atoms with Gasteiger partial charge in [0.2, 0.25) is 10.0 Å². The minimum Gasteiger partial charge on any atom is -0.385 e. The Hall–Kier alpha value is -0.170. The normalized spacial score (nSPS) is 17.7. The minimum atomic E-state index is -3.10. The van der Waals surface area contributed by atoms with Gasteiger partial charge in [0.1, 0.15) is 0 Å². The van der Waals surface area contributed by atoms with Crippen molar-refractivity contribution in [1.29, 1.82) is 0 Å². The first-order valence-electron chi connectivity index (χ1n) is 5.81. The van der Waals surface area contributed by atoms with Crippen LogP contribution >= 0.6 is 0 Å². The summed E-state index contributed by atoms with van der Waals surface area (Å²) in [5.41, 5.74) is 0. The first-order chi connectivity index (χ1) is 7.61. The summed E-state index contributed by atoms with van der Waals surface area (Å²) in [6.07, 6.45) is 1.43. The van der Waals surface area contributed by atoms with Crippen molar-refractivity contribution in [3.05, 3.63) is 0 Å². The van der Waals surface area contributed by atoms with Crippen LogP contribution in [0, 0.1) is 0 Å². The van der Waals surface area contributed by atoms with E-state index in [4.69, 9.17) is 4.74 Å². The number of sulfonamides is 1. The van der Waals surface area contributed by atoms with Crippen LogP contribution in [0.2, 0.25) is 0 Å². The van der Waals surface area contributed by atoms with Crippen LogP contribution in [0.3, 0.4) is 0 Å². The Morgan fingerprint density at radius 1 is 1.44 bits per heavy atom. The fraction of sp³-hybridized carbons (Fsp3) is 1.00. The van der Waals surface area contributed by atoms with Crippen LogP contribution in [0.25, 0.3) is 0 Å². The lowest BCUT2D eigenvalue weighted by Crippen LogP contribution is -2.59. The molecule has 0 aliphatic carbocycles. The van der Waals surface area contributed by atoms with Gasteiger partial charge < -0.3 is 10.1 Å². The highest BCUT2D eigenvalue weighted by Crippen LogP contribution is 2.13. The van der Waals surface area contributed by atoms with E-state index in [1.165, 1.54) is 0 Å². The predicted molar refractivity (Wildman–Crippen MR) is 63.9 cm³/mol. The average molecular weight is 250 g/mol. The van der Waals surface area contributed by atoms with Gasteiger partial charge in [0.25, 0.3) is 0 Å². The maximum Gasteiger partial charge on any atom is 0.214 e. The van der Waals surface area contributed by atoms with E-state index in [-0.39, 0.29) is 11.8 Å². The second kappa shape index (κ2) is 6.54. The summed E-state index contributed by atoms with van der Waals surface area (Å²) >= 11 is 0. The molecule has 5 nitrogen and oxygen atoms in total. The second-order valence-corrected chi connectivity index (χ2v) is 6.13. The molecule has 0 saturated carbocycles. The van der Waals surface area contributed by atoms with Crippen LogP contribution in [0.4, 0.5) is 0 Å². The van der Waals surface area contributed by atoms with Gasteiger partial charge in [-0.3, -0.25) is 0 Å². The van der Waals surface area contributed by atoms with Gasteiger partial charge in [-0.05, 0) is 12.8 Å². The SMILES string of the molecule is CCCN(C1CNC1)S(=O)(=O)CCCOC. The van der Waals surface area contributed by atoms with Crippen molar-refractivity contribution in [3.63, 3.8) is 0 Å². The van der Waals surface area contributed by atoms with Gasteiger partial charge in [-0.15, -0.1) is 0 Å². The minimum absolute atomic E-state index is 0.160. The summed E-state index contributed by atoms with van der Waals surface area (Å²) in [7, 11) is -1.51. The van der Waals surface area contributed by atoms with Crippen molar-refractivity contribution >= 4 is 10.0 Å². The monoisotopic (exact) mass is 250 g/mol. The molecule has 96 valence electrons. The molecule has 1 fully saturated rings. The average Bonchev–Trinajstić information content (AvgIpc) is 2.14. The quantitative estimate of drug-likeness (QED) is 0.618. The maximum atomic E-state index is 12.1. The highest BCUT2D eigenvalue weighted by molar-refractivity contribution is 7.89. The molecule has 1 aliphatic heterocycles. The van der Waals surface area contributed by atoms with Gasteiger partial charge in [-0.1, -0.05) is 6.92 Å². The van der Waals surface area contributed by atoms with Crippen molar-refractivity contribution in [3.8, 4) is 0 Å². The molecule has 1 heterocycles. The highest BCUT2D eigenvalue weighted by Gasteiger charge is 2.32. The summed E-state index contributed by atoms with van der Waals surface area (Å²) in [4.78, 5) is 0. The predicted octanol–water partition coefficient (Wildman–Crippen LogP) is 0.0365. The number of ether oxygens (including phenoxy) is 1. The Morgan fingerprint density at radius 3 is 2.56 bits per heavy atom. The van der Waals surface area contributed by atoms with Crippen molar-refractivity contribution in [2.45, 2.75) is 25.8 Å². The number of methoxy groups -OCH3 is 1.